The lowest BCUT2D eigenvalue weighted by atomic mass is 10.1. The Morgan fingerprint density at radius 1 is 1.19 bits per heavy atom. The number of rotatable bonds is 8. The van der Waals surface area contributed by atoms with Gasteiger partial charge in [0.2, 0.25) is 0 Å². The van der Waals surface area contributed by atoms with Gasteiger partial charge in [0.05, 0.1) is 6.61 Å². The predicted molar refractivity (Wildman–Crippen MR) is 71.9 cm³/mol. The Hall–Kier alpha value is -0.510. The highest BCUT2D eigenvalue weighted by molar-refractivity contribution is 7.98. The highest BCUT2D eigenvalue weighted by Crippen LogP contribution is 2.05. The molecule has 0 heterocycles. The van der Waals surface area contributed by atoms with Gasteiger partial charge in [-0.2, -0.15) is 11.8 Å². The second-order valence-corrected chi connectivity index (χ2v) is 4.76. The molecule has 0 saturated heterocycles. The fourth-order valence-corrected chi connectivity index (χ4v) is 1.93. The molecule has 16 heavy (non-hydrogen) atoms. The van der Waals surface area contributed by atoms with Crippen molar-refractivity contribution in [1.29, 1.82) is 0 Å². The summed E-state index contributed by atoms with van der Waals surface area (Å²) in [5, 5.41) is 3.44. The van der Waals surface area contributed by atoms with Gasteiger partial charge in [-0.15, -0.1) is 0 Å². The topological polar surface area (TPSA) is 21.3 Å². The molecule has 0 bridgehead atoms. The van der Waals surface area contributed by atoms with Crippen LogP contribution in [0.2, 0.25) is 0 Å². The lowest BCUT2D eigenvalue weighted by molar-refractivity contribution is 0.185. The Morgan fingerprint density at radius 2 is 1.88 bits per heavy atom. The van der Waals surface area contributed by atoms with Gasteiger partial charge in [-0.25, -0.2) is 0 Å². The Bertz CT molecular complexity index is 274. The normalized spacial score (nSPS) is 10.6. The maximum Gasteiger partial charge on any atom is 0.0713 e. The molecule has 0 unspecified atom stereocenters. The summed E-state index contributed by atoms with van der Waals surface area (Å²) in [6, 6.07) is 8.58. The van der Waals surface area contributed by atoms with Crippen LogP contribution < -0.4 is 5.32 Å². The zero-order valence-corrected chi connectivity index (χ0v) is 11.0. The van der Waals surface area contributed by atoms with Crippen molar-refractivity contribution in [2.75, 3.05) is 25.7 Å². The van der Waals surface area contributed by atoms with E-state index in [1.54, 1.807) is 7.11 Å². The summed E-state index contributed by atoms with van der Waals surface area (Å²) in [6.45, 7) is 2.75. The van der Waals surface area contributed by atoms with Crippen LogP contribution in [-0.4, -0.2) is 25.7 Å². The minimum absolute atomic E-state index is 0.696. The predicted octanol–water partition coefficient (Wildman–Crippen LogP) is 2.68. The van der Waals surface area contributed by atoms with E-state index in [4.69, 9.17) is 4.74 Å². The van der Waals surface area contributed by atoms with Crippen molar-refractivity contribution in [2.45, 2.75) is 19.6 Å². The van der Waals surface area contributed by atoms with Crippen molar-refractivity contribution in [3.05, 3.63) is 35.4 Å². The number of benzene rings is 1. The quantitative estimate of drug-likeness (QED) is 0.705. The molecule has 0 aliphatic carbocycles. The van der Waals surface area contributed by atoms with Crippen LogP contribution in [0.25, 0.3) is 0 Å². The Kier molecular flexibility index (Phi) is 7.30. The molecular formula is C13H21NOS. The standard InChI is InChI=1S/C13H21NOS/c1-15-11-13-6-4-12(5-7-13)10-14-8-3-9-16-2/h4-7,14H,3,8-11H2,1-2H3. The minimum atomic E-state index is 0.696. The van der Waals surface area contributed by atoms with Crippen molar-refractivity contribution in [2.24, 2.45) is 0 Å². The maximum absolute atomic E-state index is 5.08. The molecule has 90 valence electrons. The van der Waals surface area contributed by atoms with Crippen LogP contribution in [0.1, 0.15) is 17.5 Å². The van der Waals surface area contributed by atoms with E-state index in [1.165, 1.54) is 23.3 Å². The van der Waals surface area contributed by atoms with Crippen LogP contribution in [0, 0.1) is 0 Å². The van der Waals surface area contributed by atoms with Gasteiger partial charge in [0, 0.05) is 13.7 Å². The summed E-state index contributed by atoms with van der Waals surface area (Å²) in [6.07, 6.45) is 3.39. The average Bonchev–Trinajstić information content (AvgIpc) is 2.31. The Labute approximate surface area is 103 Å². The van der Waals surface area contributed by atoms with Gasteiger partial charge in [-0.3, -0.25) is 0 Å². The molecule has 0 fully saturated rings. The third-order valence-corrected chi connectivity index (χ3v) is 3.06. The van der Waals surface area contributed by atoms with Crippen LogP contribution in [0.4, 0.5) is 0 Å². The van der Waals surface area contributed by atoms with E-state index in [0.717, 1.165) is 13.1 Å². The summed E-state index contributed by atoms with van der Waals surface area (Å²) in [5.74, 6) is 1.24. The van der Waals surface area contributed by atoms with Crippen molar-refractivity contribution in [3.8, 4) is 0 Å². The zero-order chi connectivity index (χ0) is 11.6. The summed E-state index contributed by atoms with van der Waals surface area (Å²) >= 11 is 1.90. The van der Waals surface area contributed by atoms with Gasteiger partial charge in [-0.05, 0) is 36.1 Å². The van der Waals surface area contributed by atoms with Gasteiger partial charge in [0.25, 0.3) is 0 Å². The first-order chi connectivity index (χ1) is 7.86. The van der Waals surface area contributed by atoms with Crippen LogP contribution in [0.5, 0.6) is 0 Å². The minimum Gasteiger partial charge on any atom is -0.380 e. The molecule has 2 nitrogen and oxygen atoms in total. The summed E-state index contributed by atoms with van der Waals surface area (Å²) in [4.78, 5) is 0. The third-order valence-electron chi connectivity index (χ3n) is 2.37. The molecular weight excluding hydrogens is 218 g/mol. The highest BCUT2D eigenvalue weighted by atomic mass is 32.2. The number of hydrogen-bond donors (Lipinski definition) is 1. The largest absolute Gasteiger partial charge is 0.380 e. The van der Waals surface area contributed by atoms with E-state index in [-0.39, 0.29) is 0 Å². The second kappa shape index (κ2) is 8.62. The van der Waals surface area contributed by atoms with Crippen LogP contribution in [0.3, 0.4) is 0 Å². The lowest BCUT2D eigenvalue weighted by Gasteiger charge is -2.05. The van der Waals surface area contributed by atoms with Gasteiger partial charge in [-0.1, -0.05) is 24.3 Å². The number of methoxy groups -OCH3 is 1. The van der Waals surface area contributed by atoms with Gasteiger partial charge >= 0.3 is 0 Å². The number of hydrogen-bond acceptors (Lipinski definition) is 3. The van der Waals surface area contributed by atoms with Crippen LogP contribution in [-0.2, 0) is 17.9 Å². The molecule has 1 rings (SSSR count). The first-order valence-electron chi connectivity index (χ1n) is 5.63. The first-order valence-corrected chi connectivity index (χ1v) is 7.02. The fourth-order valence-electron chi connectivity index (χ4n) is 1.49. The van der Waals surface area contributed by atoms with E-state index in [1.807, 2.05) is 11.8 Å². The second-order valence-electron chi connectivity index (χ2n) is 3.77. The van der Waals surface area contributed by atoms with E-state index < -0.39 is 0 Å². The smallest absolute Gasteiger partial charge is 0.0713 e. The molecule has 1 aromatic rings. The van der Waals surface area contributed by atoms with Crippen molar-refractivity contribution < 1.29 is 4.74 Å². The molecule has 0 amide bonds. The van der Waals surface area contributed by atoms with E-state index in [0.29, 0.717) is 6.61 Å². The number of nitrogens with one attached hydrogen (secondary N) is 1. The van der Waals surface area contributed by atoms with Crippen molar-refractivity contribution in [1.82, 2.24) is 5.32 Å². The van der Waals surface area contributed by atoms with E-state index in [2.05, 4.69) is 35.8 Å². The SMILES string of the molecule is COCc1ccc(CNCCCSC)cc1. The molecule has 0 saturated carbocycles. The first kappa shape index (κ1) is 13.6. The average molecular weight is 239 g/mol. The van der Waals surface area contributed by atoms with Gasteiger partial charge in [0.15, 0.2) is 0 Å². The molecule has 1 N–H and O–H groups in total. The van der Waals surface area contributed by atoms with Crippen LogP contribution >= 0.6 is 11.8 Å². The van der Waals surface area contributed by atoms with E-state index >= 15 is 0 Å². The third kappa shape index (κ3) is 5.54. The summed E-state index contributed by atoms with van der Waals surface area (Å²) in [7, 11) is 1.72. The molecule has 3 heteroatoms. The molecule has 0 aliphatic rings. The molecule has 0 aromatic heterocycles. The Balaban J connectivity index is 2.21. The van der Waals surface area contributed by atoms with E-state index in [9.17, 15) is 0 Å². The Morgan fingerprint density at radius 3 is 2.50 bits per heavy atom. The van der Waals surface area contributed by atoms with Gasteiger partial charge < -0.3 is 10.1 Å². The van der Waals surface area contributed by atoms with Crippen molar-refractivity contribution >= 4 is 11.8 Å². The monoisotopic (exact) mass is 239 g/mol. The highest BCUT2D eigenvalue weighted by Gasteiger charge is 1.94. The maximum atomic E-state index is 5.08. The lowest BCUT2D eigenvalue weighted by Crippen LogP contribution is -2.15. The molecule has 0 aliphatic heterocycles. The number of thioether (sulfide) groups is 1. The number of ether oxygens (including phenoxy) is 1. The van der Waals surface area contributed by atoms with Crippen LogP contribution in [0.15, 0.2) is 24.3 Å². The van der Waals surface area contributed by atoms with Crippen molar-refractivity contribution in [3.63, 3.8) is 0 Å². The molecule has 0 atom stereocenters. The molecule has 0 spiro atoms. The summed E-state index contributed by atoms with van der Waals surface area (Å²) < 4.78 is 5.08. The van der Waals surface area contributed by atoms with Gasteiger partial charge in [0.1, 0.15) is 0 Å². The fraction of sp³-hybridized carbons (Fsp3) is 0.538. The molecule has 0 radical (unpaired) electrons. The zero-order valence-electron chi connectivity index (χ0n) is 10.2. The molecule has 1 aromatic carbocycles. The summed E-state index contributed by atoms with van der Waals surface area (Å²) in [5.41, 5.74) is 2.57.